The Balaban J connectivity index is 2.91. The summed E-state index contributed by atoms with van der Waals surface area (Å²) in [5.74, 6) is 0. The summed E-state index contributed by atoms with van der Waals surface area (Å²) in [5, 5.41) is 0. The number of nitrogens with one attached hydrogen (secondary N) is 1. The van der Waals surface area contributed by atoms with Gasteiger partial charge in [0, 0.05) is 0 Å². The SMILES string of the molecule is Cc1cccc(NS(=O)(=O)O)c1. The lowest BCUT2D eigenvalue weighted by Crippen LogP contribution is -2.10. The fraction of sp³-hybridized carbons (Fsp3) is 0.143. The second-order valence-electron chi connectivity index (χ2n) is 2.45. The molecule has 5 heteroatoms. The predicted molar refractivity (Wildman–Crippen MR) is 46.4 cm³/mol. The Morgan fingerprint density at radius 2 is 2.08 bits per heavy atom. The third-order valence-corrected chi connectivity index (χ3v) is 1.76. The van der Waals surface area contributed by atoms with E-state index in [0.717, 1.165) is 5.56 Å². The smallest absolute Gasteiger partial charge is 0.269 e. The quantitative estimate of drug-likeness (QED) is 0.684. The summed E-state index contributed by atoms with van der Waals surface area (Å²) in [5.41, 5.74) is 1.28. The summed E-state index contributed by atoms with van der Waals surface area (Å²) in [4.78, 5) is 0. The Bertz CT molecular complexity index is 372. The van der Waals surface area contributed by atoms with Crippen LogP contribution in [0.2, 0.25) is 0 Å². The van der Waals surface area contributed by atoms with Crippen molar-refractivity contribution in [3.8, 4) is 0 Å². The van der Waals surface area contributed by atoms with E-state index in [1.54, 1.807) is 18.2 Å². The maximum Gasteiger partial charge on any atom is 0.357 e. The summed E-state index contributed by atoms with van der Waals surface area (Å²) in [7, 11) is -4.14. The molecule has 1 aromatic rings. The molecule has 0 saturated carbocycles. The molecule has 1 aromatic carbocycles. The molecule has 0 amide bonds. The summed E-state index contributed by atoms with van der Waals surface area (Å²) in [6.45, 7) is 1.83. The summed E-state index contributed by atoms with van der Waals surface area (Å²) < 4.78 is 31.1. The molecule has 4 nitrogen and oxygen atoms in total. The molecule has 66 valence electrons. The Hall–Kier alpha value is -1.07. The van der Waals surface area contributed by atoms with Gasteiger partial charge >= 0.3 is 10.3 Å². The van der Waals surface area contributed by atoms with Crippen LogP contribution in [0.3, 0.4) is 0 Å². The first-order chi connectivity index (χ1) is 5.47. The molecule has 0 aliphatic carbocycles. The van der Waals surface area contributed by atoms with Gasteiger partial charge in [0.2, 0.25) is 0 Å². The maximum absolute atomic E-state index is 10.4. The molecule has 0 aliphatic rings. The number of anilines is 1. The van der Waals surface area contributed by atoms with Crippen LogP contribution in [0, 0.1) is 6.92 Å². The van der Waals surface area contributed by atoms with E-state index >= 15 is 0 Å². The molecule has 0 bridgehead atoms. The third-order valence-electron chi connectivity index (χ3n) is 1.26. The van der Waals surface area contributed by atoms with Crippen molar-refractivity contribution in [2.75, 3.05) is 4.72 Å². The minimum atomic E-state index is -4.14. The molecule has 0 atom stereocenters. The molecule has 0 radical (unpaired) electrons. The van der Waals surface area contributed by atoms with Crippen LogP contribution in [-0.2, 0) is 10.3 Å². The molecule has 0 aliphatic heterocycles. The Kier molecular flexibility index (Phi) is 2.35. The fourth-order valence-corrected chi connectivity index (χ4v) is 1.28. The number of hydrogen-bond donors (Lipinski definition) is 2. The number of rotatable bonds is 2. The van der Waals surface area contributed by atoms with Crippen molar-refractivity contribution < 1.29 is 13.0 Å². The van der Waals surface area contributed by atoms with Gasteiger partial charge in [-0.1, -0.05) is 12.1 Å². The zero-order valence-electron chi connectivity index (χ0n) is 6.48. The van der Waals surface area contributed by atoms with Crippen LogP contribution < -0.4 is 4.72 Å². The van der Waals surface area contributed by atoms with E-state index in [2.05, 4.69) is 0 Å². The molecule has 12 heavy (non-hydrogen) atoms. The Labute approximate surface area is 71.1 Å². The minimum absolute atomic E-state index is 0.359. The van der Waals surface area contributed by atoms with Crippen molar-refractivity contribution in [2.45, 2.75) is 6.92 Å². The van der Waals surface area contributed by atoms with E-state index in [1.165, 1.54) is 0 Å². The summed E-state index contributed by atoms with van der Waals surface area (Å²) >= 11 is 0. The second kappa shape index (κ2) is 3.12. The number of hydrogen-bond acceptors (Lipinski definition) is 2. The van der Waals surface area contributed by atoms with Crippen molar-refractivity contribution in [3.05, 3.63) is 29.8 Å². The highest BCUT2D eigenvalue weighted by molar-refractivity contribution is 7.87. The topological polar surface area (TPSA) is 66.4 Å². The van der Waals surface area contributed by atoms with Crippen LogP contribution in [0.15, 0.2) is 24.3 Å². The van der Waals surface area contributed by atoms with Gasteiger partial charge < -0.3 is 0 Å². The van der Waals surface area contributed by atoms with Crippen molar-refractivity contribution in [1.82, 2.24) is 0 Å². The summed E-state index contributed by atoms with van der Waals surface area (Å²) in [6, 6.07) is 6.70. The zero-order chi connectivity index (χ0) is 9.19. The Morgan fingerprint density at radius 3 is 2.58 bits per heavy atom. The number of benzene rings is 1. The highest BCUT2D eigenvalue weighted by Gasteiger charge is 2.02. The number of aryl methyl sites for hydroxylation is 1. The van der Waals surface area contributed by atoms with Crippen molar-refractivity contribution in [3.63, 3.8) is 0 Å². The Morgan fingerprint density at radius 1 is 1.42 bits per heavy atom. The van der Waals surface area contributed by atoms with Crippen molar-refractivity contribution in [1.29, 1.82) is 0 Å². The van der Waals surface area contributed by atoms with Crippen LogP contribution in [-0.4, -0.2) is 13.0 Å². The minimum Gasteiger partial charge on any atom is -0.269 e. The molecule has 0 heterocycles. The fourth-order valence-electron chi connectivity index (χ4n) is 0.857. The van der Waals surface area contributed by atoms with Gasteiger partial charge in [0.15, 0.2) is 0 Å². The first kappa shape index (κ1) is 9.02. The van der Waals surface area contributed by atoms with Crippen LogP contribution in [0.4, 0.5) is 5.69 Å². The molecule has 1 rings (SSSR count). The first-order valence-electron chi connectivity index (χ1n) is 3.29. The van der Waals surface area contributed by atoms with Crippen LogP contribution in [0.1, 0.15) is 5.56 Å². The molecule has 0 saturated heterocycles. The lowest BCUT2D eigenvalue weighted by Gasteiger charge is -2.01. The lowest BCUT2D eigenvalue weighted by molar-refractivity contribution is 0.490. The highest BCUT2D eigenvalue weighted by atomic mass is 32.2. The monoisotopic (exact) mass is 187 g/mol. The molecule has 0 fully saturated rings. The third kappa shape index (κ3) is 2.89. The van der Waals surface area contributed by atoms with Gasteiger partial charge in [0.05, 0.1) is 5.69 Å². The molecule has 2 N–H and O–H groups in total. The highest BCUT2D eigenvalue weighted by Crippen LogP contribution is 2.10. The average molecular weight is 187 g/mol. The van der Waals surface area contributed by atoms with E-state index in [4.69, 9.17) is 4.55 Å². The van der Waals surface area contributed by atoms with E-state index < -0.39 is 10.3 Å². The van der Waals surface area contributed by atoms with Gasteiger partial charge in [0.1, 0.15) is 0 Å². The molecule has 0 aromatic heterocycles. The van der Waals surface area contributed by atoms with E-state index in [-0.39, 0.29) is 0 Å². The molecule has 0 unspecified atom stereocenters. The van der Waals surface area contributed by atoms with Gasteiger partial charge in [-0.25, -0.2) is 0 Å². The van der Waals surface area contributed by atoms with E-state index in [0.29, 0.717) is 5.69 Å². The van der Waals surface area contributed by atoms with Gasteiger partial charge in [-0.15, -0.1) is 0 Å². The largest absolute Gasteiger partial charge is 0.357 e. The van der Waals surface area contributed by atoms with Crippen LogP contribution >= 0.6 is 0 Å². The predicted octanol–water partition coefficient (Wildman–Crippen LogP) is 1.21. The average Bonchev–Trinajstić information content (AvgIpc) is 1.82. The van der Waals surface area contributed by atoms with Crippen molar-refractivity contribution in [2.24, 2.45) is 0 Å². The first-order valence-corrected chi connectivity index (χ1v) is 4.73. The standard InChI is InChI=1S/C7H9NO3S/c1-6-3-2-4-7(5-6)8-12(9,10)11/h2-5,8H,1H3,(H,9,10,11). The normalized spacial score (nSPS) is 11.2. The van der Waals surface area contributed by atoms with Crippen LogP contribution in [0.25, 0.3) is 0 Å². The molecular weight excluding hydrogens is 178 g/mol. The van der Waals surface area contributed by atoms with Crippen molar-refractivity contribution >= 4 is 16.0 Å². The molecular formula is C7H9NO3S. The molecule has 0 spiro atoms. The second-order valence-corrected chi connectivity index (χ2v) is 3.60. The van der Waals surface area contributed by atoms with Gasteiger partial charge in [-0.05, 0) is 24.6 Å². The van der Waals surface area contributed by atoms with Gasteiger partial charge in [-0.2, -0.15) is 8.42 Å². The van der Waals surface area contributed by atoms with Gasteiger partial charge in [0.25, 0.3) is 0 Å². The van der Waals surface area contributed by atoms with E-state index in [1.807, 2.05) is 17.7 Å². The van der Waals surface area contributed by atoms with E-state index in [9.17, 15) is 8.42 Å². The summed E-state index contributed by atoms with van der Waals surface area (Å²) in [6.07, 6.45) is 0. The lowest BCUT2D eigenvalue weighted by atomic mass is 10.2. The maximum atomic E-state index is 10.4. The van der Waals surface area contributed by atoms with Crippen LogP contribution in [0.5, 0.6) is 0 Å². The zero-order valence-corrected chi connectivity index (χ0v) is 7.30. The van der Waals surface area contributed by atoms with Gasteiger partial charge in [-0.3, -0.25) is 9.27 Å².